The molecule has 1 saturated carbocycles. The van der Waals surface area contributed by atoms with Crippen molar-refractivity contribution in [2.24, 2.45) is 0 Å². The third-order valence-electron chi connectivity index (χ3n) is 4.17. The predicted molar refractivity (Wildman–Crippen MR) is 74.3 cm³/mol. The molecule has 2 atom stereocenters. The van der Waals surface area contributed by atoms with E-state index in [0.717, 1.165) is 25.8 Å². The number of amides is 2. The normalized spacial score (nSPS) is 25.5. The van der Waals surface area contributed by atoms with E-state index in [0.29, 0.717) is 19.7 Å². The van der Waals surface area contributed by atoms with Gasteiger partial charge in [-0.1, -0.05) is 0 Å². The summed E-state index contributed by atoms with van der Waals surface area (Å²) in [5.41, 5.74) is 0. The van der Waals surface area contributed by atoms with E-state index in [4.69, 9.17) is 4.74 Å². The number of aromatic nitrogens is 2. The van der Waals surface area contributed by atoms with Crippen molar-refractivity contribution in [3.63, 3.8) is 0 Å². The van der Waals surface area contributed by atoms with Crippen LogP contribution in [0.3, 0.4) is 0 Å². The van der Waals surface area contributed by atoms with Gasteiger partial charge in [0.15, 0.2) is 0 Å². The second-order valence-electron chi connectivity index (χ2n) is 5.49. The maximum Gasteiger partial charge on any atom is 0.317 e. The van der Waals surface area contributed by atoms with Crippen LogP contribution in [-0.2, 0) is 11.3 Å². The van der Waals surface area contributed by atoms with Crippen molar-refractivity contribution in [1.29, 1.82) is 0 Å². The van der Waals surface area contributed by atoms with Crippen molar-refractivity contribution >= 4 is 6.03 Å². The van der Waals surface area contributed by atoms with Gasteiger partial charge in [-0.25, -0.2) is 9.78 Å². The van der Waals surface area contributed by atoms with Crippen LogP contribution in [0.4, 0.5) is 4.79 Å². The summed E-state index contributed by atoms with van der Waals surface area (Å²) in [6.45, 7) is 2.97. The molecule has 1 saturated heterocycles. The first-order chi connectivity index (χ1) is 9.84. The molecule has 0 bridgehead atoms. The standard InChI is InChI=1S/C14H22N4O2/c19-14(16-5-2-7-17-8-6-15-11-17)18-9-10-20-13-4-1-3-12(13)18/h6,8,11-13H,1-5,7,9-10H2,(H,16,19)/t12-,13-/m0/s1. The highest BCUT2D eigenvalue weighted by Gasteiger charge is 2.38. The summed E-state index contributed by atoms with van der Waals surface area (Å²) in [4.78, 5) is 18.2. The maximum absolute atomic E-state index is 12.2. The number of nitrogens with one attached hydrogen (secondary N) is 1. The fourth-order valence-corrected chi connectivity index (χ4v) is 3.16. The predicted octanol–water partition coefficient (Wildman–Crippen LogP) is 1.24. The van der Waals surface area contributed by atoms with E-state index in [1.54, 1.807) is 12.5 Å². The fourth-order valence-electron chi connectivity index (χ4n) is 3.16. The summed E-state index contributed by atoms with van der Waals surface area (Å²) in [5, 5.41) is 3.03. The molecule has 0 spiro atoms. The molecule has 6 nitrogen and oxygen atoms in total. The topological polar surface area (TPSA) is 59.4 Å². The van der Waals surface area contributed by atoms with Gasteiger partial charge in [0, 0.05) is 32.0 Å². The van der Waals surface area contributed by atoms with Gasteiger partial charge in [-0.05, 0) is 25.7 Å². The Balaban J connectivity index is 1.42. The molecule has 1 aliphatic carbocycles. The number of imidazole rings is 1. The van der Waals surface area contributed by atoms with E-state index in [1.807, 2.05) is 15.7 Å². The molecule has 2 fully saturated rings. The SMILES string of the molecule is O=C(NCCCn1ccnc1)N1CCO[C@H]2CCC[C@@H]21. The molecule has 2 amide bonds. The van der Waals surface area contributed by atoms with E-state index >= 15 is 0 Å². The lowest BCUT2D eigenvalue weighted by Crippen LogP contribution is -2.54. The zero-order valence-corrected chi connectivity index (χ0v) is 11.7. The summed E-state index contributed by atoms with van der Waals surface area (Å²) in [5.74, 6) is 0. The average Bonchev–Trinajstić information content (AvgIpc) is 3.13. The third-order valence-corrected chi connectivity index (χ3v) is 4.17. The number of hydrogen-bond acceptors (Lipinski definition) is 3. The Bertz CT molecular complexity index is 434. The minimum atomic E-state index is 0.0656. The molecule has 0 unspecified atom stereocenters. The van der Waals surface area contributed by atoms with Crippen molar-refractivity contribution in [3.05, 3.63) is 18.7 Å². The third kappa shape index (κ3) is 2.95. The van der Waals surface area contributed by atoms with Crippen LogP contribution in [0.5, 0.6) is 0 Å². The molecule has 1 aliphatic heterocycles. The molecule has 2 heterocycles. The highest BCUT2D eigenvalue weighted by Crippen LogP contribution is 2.29. The van der Waals surface area contributed by atoms with Crippen molar-refractivity contribution in [2.75, 3.05) is 19.7 Å². The molecule has 0 radical (unpaired) electrons. The van der Waals surface area contributed by atoms with Crippen LogP contribution in [0, 0.1) is 0 Å². The van der Waals surface area contributed by atoms with Gasteiger partial charge in [0.25, 0.3) is 0 Å². The Morgan fingerprint density at radius 3 is 3.25 bits per heavy atom. The summed E-state index contributed by atoms with van der Waals surface area (Å²) < 4.78 is 7.75. The van der Waals surface area contributed by atoms with Gasteiger partial charge in [-0.15, -0.1) is 0 Å². The van der Waals surface area contributed by atoms with Gasteiger partial charge in [0.2, 0.25) is 0 Å². The minimum Gasteiger partial charge on any atom is -0.374 e. The number of urea groups is 1. The van der Waals surface area contributed by atoms with Crippen LogP contribution < -0.4 is 5.32 Å². The second kappa shape index (κ2) is 6.26. The highest BCUT2D eigenvalue weighted by molar-refractivity contribution is 5.74. The average molecular weight is 278 g/mol. The van der Waals surface area contributed by atoms with Crippen LogP contribution >= 0.6 is 0 Å². The van der Waals surface area contributed by atoms with E-state index in [2.05, 4.69) is 10.3 Å². The lowest BCUT2D eigenvalue weighted by molar-refractivity contribution is -0.0382. The Morgan fingerprint density at radius 1 is 1.45 bits per heavy atom. The van der Waals surface area contributed by atoms with Crippen molar-refractivity contribution in [3.8, 4) is 0 Å². The molecule has 1 aromatic rings. The molecule has 6 heteroatoms. The van der Waals surface area contributed by atoms with Gasteiger partial charge < -0.3 is 19.5 Å². The summed E-state index contributed by atoms with van der Waals surface area (Å²) >= 11 is 0. The Labute approximate surface area is 119 Å². The Morgan fingerprint density at radius 2 is 2.40 bits per heavy atom. The van der Waals surface area contributed by atoms with E-state index in [-0.39, 0.29) is 18.2 Å². The number of nitrogens with zero attached hydrogens (tertiary/aromatic N) is 3. The van der Waals surface area contributed by atoms with Crippen molar-refractivity contribution < 1.29 is 9.53 Å². The first-order valence-corrected chi connectivity index (χ1v) is 7.46. The zero-order valence-electron chi connectivity index (χ0n) is 11.7. The van der Waals surface area contributed by atoms with Crippen LogP contribution in [0.2, 0.25) is 0 Å². The minimum absolute atomic E-state index is 0.0656. The molecular weight excluding hydrogens is 256 g/mol. The Hall–Kier alpha value is -1.56. The summed E-state index contributed by atoms with van der Waals surface area (Å²) in [6, 6.07) is 0.355. The molecular formula is C14H22N4O2. The quantitative estimate of drug-likeness (QED) is 0.843. The van der Waals surface area contributed by atoms with Crippen molar-refractivity contribution in [1.82, 2.24) is 19.8 Å². The Kier molecular flexibility index (Phi) is 4.20. The van der Waals surface area contributed by atoms with E-state index < -0.39 is 0 Å². The van der Waals surface area contributed by atoms with Crippen LogP contribution in [0.25, 0.3) is 0 Å². The monoisotopic (exact) mass is 278 g/mol. The van der Waals surface area contributed by atoms with Gasteiger partial charge in [-0.2, -0.15) is 0 Å². The van der Waals surface area contributed by atoms with Gasteiger partial charge in [-0.3, -0.25) is 0 Å². The lowest BCUT2D eigenvalue weighted by Gasteiger charge is -2.37. The molecule has 0 aromatic carbocycles. The van der Waals surface area contributed by atoms with Gasteiger partial charge in [0.1, 0.15) is 0 Å². The van der Waals surface area contributed by atoms with E-state index in [1.165, 1.54) is 6.42 Å². The number of aryl methyl sites for hydroxylation is 1. The number of rotatable bonds is 4. The summed E-state index contributed by atoms with van der Waals surface area (Å²) in [7, 11) is 0. The largest absolute Gasteiger partial charge is 0.374 e. The van der Waals surface area contributed by atoms with Gasteiger partial charge in [0.05, 0.1) is 25.1 Å². The van der Waals surface area contributed by atoms with Gasteiger partial charge >= 0.3 is 6.03 Å². The fraction of sp³-hybridized carbons (Fsp3) is 0.714. The highest BCUT2D eigenvalue weighted by atomic mass is 16.5. The number of morpholine rings is 1. The lowest BCUT2D eigenvalue weighted by atomic mass is 10.1. The molecule has 3 rings (SSSR count). The molecule has 1 aromatic heterocycles. The summed E-state index contributed by atoms with van der Waals surface area (Å²) in [6.07, 6.45) is 10.0. The number of ether oxygens (including phenoxy) is 1. The van der Waals surface area contributed by atoms with Crippen LogP contribution in [-0.4, -0.2) is 52.3 Å². The molecule has 2 aliphatic rings. The number of fused-ring (bicyclic) bond motifs is 1. The van der Waals surface area contributed by atoms with Crippen LogP contribution in [0.1, 0.15) is 25.7 Å². The zero-order chi connectivity index (χ0) is 13.8. The molecule has 110 valence electrons. The smallest absolute Gasteiger partial charge is 0.317 e. The first-order valence-electron chi connectivity index (χ1n) is 7.46. The second-order valence-corrected chi connectivity index (χ2v) is 5.49. The number of carbonyl (C=O) groups excluding carboxylic acids is 1. The van der Waals surface area contributed by atoms with Crippen LogP contribution in [0.15, 0.2) is 18.7 Å². The molecule has 1 N–H and O–H groups in total. The number of hydrogen-bond donors (Lipinski definition) is 1. The number of carbonyl (C=O) groups is 1. The maximum atomic E-state index is 12.2. The molecule has 20 heavy (non-hydrogen) atoms. The van der Waals surface area contributed by atoms with E-state index in [9.17, 15) is 4.79 Å². The first kappa shape index (κ1) is 13.4. The van der Waals surface area contributed by atoms with Crippen molar-refractivity contribution in [2.45, 2.75) is 44.4 Å².